The summed E-state index contributed by atoms with van der Waals surface area (Å²) in [6, 6.07) is 6.93. The highest BCUT2D eigenvalue weighted by atomic mass is 32.2. The minimum Gasteiger partial charge on any atom is -0.505 e. The Hall–Kier alpha value is -3.20. The number of nitrogens with zero attached hydrogens (tertiary/aromatic N) is 3. The molecule has 0 atom stereocenters. The van der Waals surface area contributed by atoms with E-state index < -0.39 is 10.0 Å². The van der Waals surface area contributed by atoms with Gasteiger partial charge in [0.1, 0.15) is 5.52 Å². The summed E-state index contributed by atoms with van der Waals surface area (Å²) in [5, 5.41) is 11.2. The molecule has 9 heteroatoms. The largest absolute Gasteiger partial charge is 0.505 e. The summed E-state index contributed by atoms with van der Waals surface area (Å²) in [5.74, 6) is -0.708. The molecule has 1 amide bonds. The molecule has 0 bridgehead atoms. The fraction of sp³-hybridized carbons (Fsp3) is 0.211. The van der Waals surface area contributed by atoms with Gasteiger partial charge in [0.2, 0.25) is 10.0 Å². The highest BCUT2D eigenvalue weighted by Crippen LogP contribution is 2.42. The molecule has 8 nitrogen and oxygen atoms in total. The summed E-state index contributed by atoms with van der Waals surface area (Å²) in [5.41, 5.74) is 1.91. The smallest absolute Gasteiger partial charge is 0.258 e. The number of phenolic OH excluding ortho intramolecular Hbond substituents is 1. The molecule has 2 N–H and O–H groups in total. The van der Waals surface area contributed by atoms with Gasteiger partial charge in [0.05, 0.1) is 17.0 Å². The molecule has 144 valence electrons. The van der Waals surface area contributed by atoms with Crippen molar-refractivity contribution in [3.63, 3.8) is 0 Å². The van der Waals surface area contributed by atoms with Crippen LogP contribution >= 0.6 is 0 Å². The third-order valence-electron chi connectivity index (χ3n) is 4.75. The normalized spacial score (nSPS) is 13.8. The van der Waals surface area contributed by atoms with Crippen LogP contribution in [0.3, 0.4) is 0 Å². The Bertz CT molecular complexity index is 1180. The summed E-state index contributed by atoms with van der Waals surface area (Å²) in [7, 11) is -3.59. The van der Waals surface area contributed by atoms with Gasteiger partial charge in [-0.3, -0.25) is 19.5 Å². The van der Waals surface area contributed by atoms with Crippen LogP contribution < -0.4 is 4.72 Å². The van der Waals surface area contributed by atoms with Crippen LogP contribution in [0.4, 0.5) is 5.69 Å². The number of aromatic nitrogens is 2. The maximum Gasteiger partial charge on any atom is 0.258 e. The first-order valence-electron chi connectivity index (χ1n) is 8.72. The molecule has 1 aliphatic heterocycles. The molecular formula is C19H18N4O4S. The quantitative estimate of drug-likeness (QED) is 0.638. The Morgan fingerprint density at radius 2 is 1.96 bits per heavy atom. The first-order valence-corrected chi connectivity index (χ1v) is 10.4. The lowest BCUT2D eigenvalue weighted by molar-refractivity contribution is 0.0764. The van der Waals surface area contributed by atoms with Crippen LogP contribution in [-0.2, 0) is 23.1 Å². The highest BCUT2D eigenvalue weighted by molar-refractivity contribution is 7.92. The van der Waals surface area contributed by atoms with Crippen molar-refractivity contribution in [1.29, 1.82) is 0 Å². The van der Waals surface area contributed by atoms with Crippen molar-refractivity contribution in [2.75, 3.05) is 10.5 Å². The zero-order valence-electron chi connectivity index (χ0n) is 15.1. The number of benzene rings is 1. The molecule has 28 heavy (non-hydrogen) atoms. The molecule has 0 radical (unpaired) electrons. The maximum atomic E-state index is 13.0. The van der Waals surface area contributed by atoms with Gasteiger partial charge in [-0.2, -0.15) is 0 Å². The Balaban J connectivity index is 1.86. The number of fused-ring (bicyclic) bond motifs is 2. The number of rotatable bonds is 5. The number of hydrogen-bond donors (Lipinski definition) is 2. The van der Waals surface area contributed by atoms with Gasteiger partial charge < -0.3 is 10.0 Å². The topological polar surface area (TPSA) is 112 Å². The molecule has 3 aromatic rings. The first kappa shape index (κ1) is 18.2. The van der Waals surface area contributed by atoms with E-state index >= 15 is 0 Å². The molecule has 1 aromatic carbocycles. The van der Waals surface area contributed by atoms with Crippen LogP contribution in [0.25, 0.3) is 10.9 Å². The molecule has 0 saturated heterocycles. The molecule has 0 spiro atoms. The monoisotopic (exact) mass is 398 g/mol. The van der Waals surface area contributed by atoms with Crippen molar-refractivity contribution in [1.82, 2.24) is 14.9 Å². The van der Waals surface area contributed by atoms with Crippen molar-refractivity contribution >= 4 is 32.5 Å². The number of anilines is 1. The van der Waals surface area contributed by atoms with E-state index in [0.717, 1.165) is 5.56 Å². The minimum absolute atomic E-state index is 0.0917. The zero-order chi connectivity index (χ0) is 19.9. The van der Waals surface area contributed by atoms with E-state index in [1.54, 1.807) is 41.6 Å². The summed E-state index contributed by atoms with van der Waals surface area (Å²) < 4.78 is 27.1. The fourth-order valence-corrected chi connectivity index (χ4v) is 4.02. The second kappa shape index (κ2) is 6.75. The van der Waals surface area contributed by atoms with E-state index in [2.05, 4.69) is 14.7 Å². The van der Waals surface area contributed by atoms with E-state index in [9.17, 15) is 18.3 Å². The molecule has 1 aliphatic rings. The standard InChI is InChI=1S/C19H18N4O4S/c1-2-28(26,27)22-16-13-4-3-7-21-17(13)18(24)15-14(16)11-23(19(15)25)10-12-5-8-20-9-6-12/h3-9,22,24H,2,10-11H2,1H3. The third-order valence-corrected chi connectivity index (χ3v) is 6.03. The number of carbonyl (C=O) groups excluding carboxylic acids is 1. The lowest BCUT2D eigenvalue weighted by Crippen LogP contribution is -2.23. The lowest BCUT2D eigenvalue weighted by atomic mass is 10.0. The van der Waals surface area contributed by atoms with E-state index in [4.69, 9.17) is 0 Å². The minimum atomic E-state index is -3.59. The van der Waals surface area contributed by atoms with Gasteiger partial charge in [-0.15, -0.1) is 0 Å². The zero-order valence-corrected chi connectivity index (χ0v) is 15.9. The van der Waals surface area contributed by atoms with E-state index in [1.807, 2.05) is 0 Å². The Labute approximate surface area is 161 Å². The number of sulfonamides is 1. The maximum absolute atomic E-state index is 13.0. The highest BCUT2D eigenvalue weighted by Gasteiger charge is 2.35. The van der Waals surface area contributed by atoms with Gasteiger partial charge in [-0.25, -0.2) is 8.42 Å². The Morgan fingerprint density at radius 1 is 1.21 bits per heavy atom. The molecule has 0 unspecified atom stereocenters. The van der Waals surface area contributed by atoms with Crippen molar-refractivity contribution in [2.24, 2.45) is 0 Å². The van der Waals surface area contributed by atoms with Crippen LogP contribution in [0.1, 0.15) is 28.4 Å². The number of carbonyl (C=O) groups is 1. The van der Waals surface area contributed by atoms with Crippen molar-refractivity contribution in [3.8, 4) is 5.75 Å². The molecule has 0 fully saturated rings. The van der Waals surface area contributed by atoms with Crippen LogP contribution in [0.5, 0.6) is 5.75 Å². The van der Waals surface area contributed by atoms with Crippen molar-refractivity contribution in [2.45, 2.75) is 20.0 Å². The van der Waals surface area contributed by atoms with Gasteiger partial charge in [0, 0.05) is 42.6 Å². The van der Waals surface area contributed by atoms with E-state index in [-0.39, 0.29) is 35.0 Å². The predicted molar refractivity (Wildman–Crippen MR) is 104 cm³/mol. The average molecular weight is 398 g/mol. The fourth-order valence-electron chi connectivity index (χ4n) is 3.33. The molecular weight excluding hydrogens is 380 g/mol. The number of hydrogen-bond acceptors (Lipinski definition) is 6. The number of pyridine rings is 2. The summed E-state index contributed by atoms with van der Waals surface area (Å²) in [4.78, 5) is 22.7. The summed E-state index contributed by atoms with van der Waals surface area (Å²) >= 11 is 0. The number of amides is 1. The third kappa shape index (κ3) is 3.03. The van der Waals surface area contributed by atoms with Crippen LogP contribution in [0, 0.1) is 0 Å². The summed E-state index contributed by atoms with van der Waals surface area (Å²) in [6.45, 7) is 2.03. The lowest BCUT2D eigenvalue weighted by Gasteiger charge is -2.16. The van der Waals surface area contributed by atoms with Gasteiger partial charge in [-0.1, -0.05) is 0 Å². The molecule has 3 heterocycles. The van der Waals surface area contributed by atoms with Gasteiger partial charge in [-0.05, 0) is 36.8 Å². The van der Waals surface area contributed by atoms with Crippen LogP contribution in [-0.4, -0.2) is 40.1 Å². The van der Waals surface area contributed by atoms with E-state index in [1.165, 1.54) is 13.1 Å². The molecule has 4 rings (SSSR count). The van der Waals surface area contributed by atoms with Crippen molar-refractivity contribution < 1.29 is 18.3 Å². The molecule has 0 saturated carbocycles. The predicted octanol–water partition coefficient (Wildman–Crippen LogP) is 2.25. The van der Waals surface area contributed by atoms with Crippen molar-refractivity contribution in [3.05, 3.63) is 59.5 Å². The Kier molecular flexibility index (Phi) is 4.38. The second-order valence-electron chi connectivity index (χ2n) is 6.50. The molecule has 0 aliphatic carbocycles. The Morgan fingerprint density at radius 3 is 2.68 bits per heavy atom. The number of nitrogens with one attached hydrogen (secondary N) is 1. The SMILES string of the molecule is CCS(=O)(=O)Nc1c2c(c(O)c3ncccc13)C(=O)N(Cc1ccncc1)C2. The number of phenols is 1. The number of aromatic hydroxyl groups is 1. The molecule has 2 aromatic heterocycles. The van der Waals surface area contributed by atoms with Gasteiger partial charge >= 0.3 is 0 Å². The van der Waals surface area contributed by atoms with Gasteiger partial charge in [0.15, 0.2) is 5.75 Å². The van der Waals surface area contributed by atoms with Crippen LogP contribution in [0.2, 0.25) is 0 Å². The first-order chi connectivity index (χ1) is 13.4. The average Bonchev–Trinajstić information content (AvgIpc) is 3.02. The second-order valence-corrected chi connectivity index (χ2v) is 8.51. The van der Waals surface area contributed by atoms with Crippen LogP contribution in [0.15, 0.2) is 42.9 Å². The van der Waals surface area contributed by atoms with E-state index in [0.29, 0.717) is 23.2 Å². The van der Waals surface area contributed by atoms with Gasteiger partial charge in [0.25, 0.3) is 5.91 Å². The summed E-state index contributed by atoms with van der Waals surface area (Å²) in [6.07, 6.45) is 4.76.